The predicted octanol–water partition coefficient (Wildman–Crippen LogP) is 2.61. The van der Waals surface area contributed by atoms with Crippen LogP contribution >= 0.6 is 0 Å². The molecule has 31 heavy (non-hydrogen) atoms. The van der Waals surface area contributed by atoms with Crippen LogP contribution in [0.5, 0.6) is 5.75 Å². The number of nitrogens with one attached hydrogen (secondary N) is 3. The maximum absolute atomic E-state index is 12.6. The number of carbonyl (C=O) groups excluding carboxylic acids is 2. The number of hydrogen-bond acceptors (Lipinski definition) is 5. The first-order chi connectivity index (χ1) is 15.1. The van der Waals surface area contributed by atoms with Crippen molar-refractivity contribution in [1.29, 1.82) is 0 Å². The van der Waals surface area contributed by atoms with E-state index in [4.69, 9.17) is 5.73 Å². The van der Waals surface area contributed by atoms with Crippen LogP contribution in [0.3, 0.4) is 0 Å². The van der Waals surface area contributed by atoms with Gasteiger partial charge in [0.1, 0.15) is 11.8 Å². The summed E-state index contributed by atoms with van der Waals surface area (Å²) in [5.41, 5.74) is 6.38. The first-order valence-electron chi connectivity index (χ1n) is 11.8. The molecule has 0 saturated heterocycles. The van der Waals surface area contributed by atoms with E-state index in [1.54, 1.807) is 24.3 Å². The minimum absolute atomic E-state index is 0.117. The van der Waals surface area contributed by atoms with Crippen LogP contribution in [-0.4, -0.2) is 49.1 Å². The van der Waals surface area contributed by atoms with Gasteiger partial charge >= 0.3 is 0 Å². The molecule has 1 aromatic rings. The lowest BCUT2D eigenvalue weighted by Crippen LogP contribution is -2.48. The van der Waals surface area contributed by atoms with Crippen molar-refractivity contribution in [2.24, 2.45) is 5.73 Å². The molecule has 6 N–H and O–H groups in total. The van der Waals surface area contributed by atoms with E-state index in [9.17, 15) is 14.7 Å². The van der Waals surface area contributed by atoms with Crippen molar-refractivity contribution in [3.8, 4) is 5.75 Å². The molecule has 7 nitrogen and oxygen atoms in total. The molecular weight excluding hydrogens is 392 g/mol. The number of phenols is 1. The Morgan fingerprint density at radius 1 is 0.935 bits per heavy atom. The van der Waals surface area contributed by atoms with Crippen molar-refractivity contribution in [3.05, 3.63) is 29.8 Å². The van der Waals surface area contributed by atoms with Gasteiger partial charge in [0.25, 0.3) is 0 Å². The highest BCUT2D eigenvalue weighted by Crippen LogP contribution is 2.11. The molecule has 7 heteroatoms. The van der Waals surface area contributed by atoms with Crippen LogP contribution in [0.15, 0.2) is 24.3 Å². The highest BCUT2D eigenvalue weighted by molar-refractivity contribution is 5.87. The van der Waals surface area contributed by atoms with E-state index >= 15 is 0 Å². The summed E-state index contributed by atoms with van der Waals surface area (Å²) in [7, 11) is 0. The van der Waals surface area contributed by atoms with Gasteiger partial charge in [-0.1, -0.05) is 38.3 Å². The summed E-state index contributed by atoms with van der Waals surface area (Å²) < 4.78 is 0. The Labute approximate surface area is 187 Å². The van der Waals surface area contributed by atoms with Crippen LogP contribution < -0.4 is 21.7 Å². The van der Waals surface area contributed by atoms with Crippen molar-refractivity contribution < 1.29 is 14.7 Å². The molecular formula is C24H42N4O3. The van der Waals surface area contributed by atoms with Gasteiger partial charge < -0.3 is 26.8 Å². The number of amides is 2. The van der Waals surface area contributed by atoms with Gasteiger partial charge in [0.2, 0.25) is 11.8 Å². The number of hydrogen-bond donors (Lipinski definition) is 5. The van der Waals surface area contributed by atoms with Gasteiger partial charge in [-0.2, -0.15) is 0 Å². The molecule has 2 amide bonds. The number of carbonyl (C=O) groups is 2. The molecule has 0 fully saturated rings. The van der Waals surface area contributed by atoms with Crippen LogP contribution in [0.25, 0.3) is 0 Å². The summed E-state index contributed by atoms with van der Waals surface area (Å²) in [6, 6.07) is 6.11. The Kier molecular flexibility index (Phi) is 15.2. The van der Waals surface area contributed by atoms with E-state index in [0.29, 0.717) is 19.4 Å². The van der Waals surface area contributed by atoms with Crippen LogP contribution in [0.2, 0.25) is 0 Å². The number of nitrogens with two attached hydrogens (primary N) is 1. The van der Waals surface area contributed by atoms with Crippen LogP contribution in [0, 0.1) is 0 Å². The third-order valence-corrected chi connectivity index (χ3v) is 5.14. The Morgan fingerprint density at radius 3 is 2.23 bits per heavy atom. The summed E-state index contributed by atoms with van der Waals surface area (Å²) >= 11 is 0. The second-order valence-electron chi connectivity index (χ2n) is 8.05. The zero-order valence-electron chi connectivity index (χ0n) is 19.1. The Morgan fingerprint density at radius 2 is 1.55 bits per heavy atom. The maximum Gasteiger partial charge on any atom is 0.242 e. The first-order valence-corrected chi connectivity index (χ1v) is 11.8. The molecule has 0 aliphatic heterocycles. The second-order valence-corrected chi connectivity index (χ2v) is 8.05. The minimum atomic E-state index is -0.610. The smallest absolute Gasteiger partial charge is 0.242 e. The molecule has 0 aromatic heterocycles. The quantitative estimate of drug-likeness (QED) is 0.228. The van der Waals surface area contributed by atoms with Gasteiger partial charge in [0.15, 0.2) is 0 Å². The normalized spacial score (nSPS) is 11.8. The van der Waals surface area contributed by atoms with Gasteiger partial charge in [-0.3, -0.25) is 9.59 Å². The lowest BCUT2D eigenvalue weighted by Gasteiger charge is -2.19. The van der Waals surface area contributed by atoms with Crippen molar-refractivity contribution >= 4 is 11.8 Å². The topological polar surface area (TPSA) is 116 Å². The van der Waals surface area contributed by atoms with E-state index in [-0.39, 0.29) is 17.6 Å². The molecule has 0 heterocycles. The molecule has 176 valence electrons. The van der Waals surface area contributed by atoms with Crippen LogP contribution in [0.4, 0.5) is 0 Å². The number of unbranched alkanes of at least 4 members (excludes halogenated alkanes) is 5. The highest BCUT2D eigenvalue weighted by atomic mass is 16.3. The Balaban J connectivity index is 2.25. The molecule has 1 aromatic carbocycles. The largest absolute Gasteiger partial charge is 0.508 e. The Bertz CT molecular complexity index is 607. The van der Waals surface area contributed by atoms with Gasteiger partial charge in [-0.05, 0) is 69.4 Å². The van der Waals surface area contributed by atoms with E-state index < -0.39 is 6.04 Å². The third-order valence-electron chi connectivity index (χ3n) is 5.14. The van der Waals surface area contributed by atoms with Gasteiger partial charge in [-0.25, -0.2) is 0 Å². The van der Waals surface area contributed by atoms with Crippen LogP contribution in [-0.2, 0) is 16.0 Å². The summed E-state index contributed by atoms with van der Waals surface area (Å²) in [6.45, 7) is 5.30. The van der Waals surface area contributed by atoms with Crippen molar-refractivity contribution in [3.63, 3.8) is 0 Å². The summed E-state index contributed by atoms with van der Waals surface area (Å²) in [6.07, 6.45) is 9.47. The fraction of sp³-hybridized carbons (Fsp3) is 0.667. The molecule has 0 bridgehead atoms. The number of aromatic hydroxyl groups is 1. The standard InChI is InChI=1S/C24H42N4O3/c1-2-10-23(30)28-22(19-20-11-13-21(29)14-12-20)24(31)27-18-9-8-17-26-16-7-5-3-4-6-15-25/h11-14,22,26,29H,2-10,15-19,25H2,1H3,(H,27,31)(H,28,30). The average Bonchev–Trinajstić information content (AvgIpc) is 2.75. The predicted molar refractivity (Wildman–Crippen MR) is 126 cm³/mol. The zero-order valence-corrected chi connectivity index (χ0v) is 19.1. The van der Waals surface area contributed by atoms with Crippen molar-refractivity contribution in [1.82, 2.24) is 16.0 Å². The minimum Gasteiger partial charge on any atom is -0.508 e. The average molecular weight is 435 g/mol. The van der Waals surface area contributed by atoms with Crippen molar-refractivity contribution in [2.75, 3.05) is 26.2 Å². The molecule has 1 atom stereocenters. The summed E-state index contributed by atoms with van der Waals surface area (Å²) in [4.78, 5) is 24.7. The van der Waals surface area contributed by atoms with Crippen molar-refractivity contribution in [2.45, 2.75) is 77.2 Å². The van der Waals surface area contributed by atoms with Gasteiger partial charge in [0, 0.05) is 19.4 Å². The molecule has 1 unspecified atom stereocenters. The lowest BCUT2D eigenvalue weighted by atomic mass is 10.0. The van der Waals surface area contributed by atoms with E-state index in [0.717, 1.165) is 50.9 Å². The molecule has 0 radical (unpaired) electrons. The summed E-state index contributed by atoms with van der Waals surface area (Å²) in [5.74, 6) is -0.100. The van der Waals surface area contributed by atoms with Crippen LogP contribution in [0.1, 0.15) is 70.3 Å². The molecule has 0 spiro atoms. The van der Waals surface area contributed by atoms with E-state index in [1.165, 1.54) is 25.7 Å². The molecule has 0 aliphatic rings. The number of rotatable bonds is 18. The monoisotopic (exact) mass is 434 g/mol. The first kappa shape index (κ1) is 26.9. The lowest BCUT2D eigenvalue weighted by molar-refractivity contribution is -0.129. The van der Waals surface area contributed by atoms with E-state index in [2.05, 4.69) is 16.0 Å². The third kappa shape index (κ3) is 13.7. The molecule has 1 rings (SSSR count). The summed E-state index contributed by atoms with van der Waals surface area (Å²) in [5, 5.41) is 18.7. The highest BCUT2D eigenvalue weighted by Gasteiger charge is 2.20. The zero-order chi connectivity index (χ0) is 22.7. The fourth-order valence-corrected chi connectivity index (χ4v) is 3.33. The second kappa shape index (κ2) is 17.5. The maximum atomic E-state index is 12.6. The van der Waals surface area contributed by atoms with Gasteiger partial charge in [-0.15, -0.1) is 0 Å². The van der Waals surface area contributed by atoms with Gasteiger partial charge in [0.05, 0.1) is 0 Å². The fourth-order valence-electron chi connectivity index (χ4n) is 3.33. The number of benzene rings is 1. The van der Waals surface area contributed by atoms with E-state index in [1.807, 2.05) is 6.92 Å². The number of phenolic OH excluding ortho intramolecular Hbond substituents is 1. The molecule has 0 aliphatic carbocycles. The SMILES string of the molecule is CCCC(=O)NC(Cc1ccc(O)cc1)C(=O)NCCCCNCCCCCCCN. The molecule has 0 saturated carbocycles. The Hall–Kier alpha value is -2.12.